The molecule has 4 nitrogen and oxygen atoms in total. The Kier molecular flexibility index (Phi) is 6.22. The number of hydrogen-bond donors (Lipinski definition) is 0. The third-order valence-corrected chi connectivity index (χ3v) is 6.00. The summed E-state index contributed by atoms with van der Waals surface area (Å²) in [5.74, 6) is 0. The van der Waals surface area contributed by atoms with E-state index in [9.17, 15) is 22.6 Å². The van der Waals surface area contributed by atoms with Crippen LogP contribution in [0.4, 0.5) is 18.9 Å². The number of rotatable bonds is 6. The number of aromatic nitrogens is 1. The number of anilines is 1. The second-order valence-corrected chi connectivity index (χ2v) is 8.17. The van der Waals surface area contributed by atoms with Gasteiger partial charge in [0.2, 0.25) is 0 Å². The van der Waals surface area contributed by atoms with E-state index in [1.807, 2.05) is 38.1 Å². The van der Waals surface area contributed by atoms with Crippen molar-refractivity contribution < 1.29 is 17.4 Å². The summed E-state index contributed by atoms with van der Waals surface area (Å²) in [6.45, 7) is 4.89. The van der Waals surface area contributed by atoms with Crippen LogP contribution in [0.1, 0.15) is 31.4 Å². The smallest absolute Gasteiger partial charge is 0.340 e. The summed E-state index contributed by atoms with van der Waals surface area (Å²) in [5.41, 5.74) is 2.08. The monoisotopic (exact) mass is 433 g/mol. The number of fused-ring (bicyclic) bond motifs is 1. The third kappa shape index (κ3) is 3.94. The molecule has 0 aliphatic heterocycles. The zero-order valence-electron chi connectivity index (χ0n) is 17.0. The molecule has 8 heteroatoms. The maximum absolute atomic E-state index is 13.2. The Hall–Kier alpha value is -2.79. The first kappa shape index (κ1) is 21.9. The predicted molar refractivity (Wildman–Crippen MR) is 114 cm³/mol. The van der Waals surface area contributed by atoms with Crippen LogP contribution in [0.25, 0.3) is 22.2 Å². The van der Waals surface area contributed by atoms with Crippen LogP contribution in [0.2, 0.25) is 0 Å². The van der Waals surface area contributed by atoms with E-state index in [1.54, 1.807) is 15.1 Å². The zero-order valence-corrected chi connectivity index (χ0v) is 17.8. The van der Waals surface area contributed by atoms with Crippen molar-refractivity contribution in [1.29, 1.82) is 5.26 Å². The third-order valence-electron chi connectivity index (χ3n) is 4.99. The normalized spacial score (nSPS) is 12.7. The van der Waals surface area contributed by atoms with Gasteiger partial charge in [0.1, 0.15) is 17.1 Å². The molecule has 0 spiro atoms. The minimum Gasteiger partial charge on any atom is -0.340 e. The fraction of sp³-hybridized carbons (Fsp3) is 0.318. The van der Waals surface area contributed by atoms with Crippen molar-refractivity contribution in [2.45, 2.75) is 33.0 Å². The van der Waals surface area contributed by atoms with Gasteiger partial charge in [-0.1, -0.05) is 25.1 Å². The maximum atomic E-state index is 13.2. The SMILES string of the molecule is CCCN(c1ccc(-c2c(C#N)c3ccc(C(F)(F)F)cc3n2CC)cc1)S(C)=O. The van der Waals surface area contributed by atoms with Crippen LogP contribution in [0.15, 0.2) is 42.5 Å². The van der Waals surface area contributed by atoms with Crippen molar-refractivity contribution >= 4 is 27.6 Å². The van der Waals surface area contributed by atoms with Gasteiger partial charge in [-0.25, -0.2) is 4.21 Å². The van der Waals surface area contributed by atoms with Crippen molar-refractivity contribution in [3.63, 3.8) is 0 Å². The van der Waals surface area contributed by atoms with Gasteiger partial charge in [-0.05, 0) is 43.2 Å². The predicted octanol–water partition coefficient (Wildman–Crippen LogP) is 5.73. The highest BCUT2D eigenvalue weighted by Gasteiger charge is 2.31. The van der Waals surface area contributed by atoms with E-state index in [-0.39, 0.29) is 0 Å². The van der Waals surface area contributed by atoms with Gasteiger partial charge in [-0.3, -0.25) is 4.31 Å². The molecule has 2 aromatic carbocycles. The van der Waals surface area contributed by atoms with Crippen molar-refractivity contribution in [3.8, 4) is 17.3 Å². The summed E-state index contributed by atoms with van der Waals surface area (Å²) in [7, 11) is -1.17. The minimum absolute atomic E-state index is 0.345. The number of aryl methyl sites for hydroxylation is 1. The molecule has 3 rings (SSSR count). The molecular formula is C22H22F3N3OS. The Bertz CT molecular complexity index is 1130. The number of benzene rings is 2. The van der Waals surface area contributed by atoms with E-state index in [0.29, 0.717) is 35.2 Å². The lowest BCUT2D eigenvalue weighted by Crippen LogP contribution is -2.25. The molecule has 0 amide bonds. The van der Waals surface area contributed by atoms with Gasteiger partial charge >= 0.3 is 6.18 Å². The Morgan fingerprint density at radius 1 is 1.13 bits per heavy atom. The van der Waals surface area contributed by atoms with Crippen LogP contribution in [-0.4, -0.2) is 21.6 Å². The topological polar surface area (TPSA) is 49.0 Å². The second-order valence-electron chi connectivity index (χ2n) is 6.88. The molecule has 3 aromatic rings. The molecular weight excluding hydrogens is 411 g/mol. The van der Waals surface area contributed by atoms with Crippen LogP contribution in [-0.2, 0) is 23.7 Å². The Labute approximate surface area is 176 Å². The van der Waals surface area contributed by atoms with Gasteiger partial charge in [-0.15, -0.1) is 0 Å². The zero-order chi connectivity index (χ0) is 22.1. The number of nitriles is 1. The molecule has 1 atom stereocenters. The van der Waals surface area contributed by atoms with Gasteiger partial charge in [0, 0.05) is 30.4 Å². The van der Waals surface area contributed by atoms with E-state index < -0.39 is 22.7 Å². The number of halogens is 3. The van der Waals surface area contributed by atoms with Gasteiger partial charge < -0.3 is 4.57 Å². The molecule has 1 unspecified atom stereocenters. The molecule has 30 heavy (non-hydrogen) atoms. The number of hydrogen-bond acceptors (Lipinski definition) is 2. The molecule has 0 saturated heterocycles. The average Bonchev–Trinajstić information content (AvgIpc) is 3.04. The van der Waals surface area contributed by atoms with Crippen molar-refractivity contribution in [2.75, 3.05) is 17.1 Å². The fourth-order valence-electron chi connectivity index (χ4n) is 3.66. The lowest BCUT2D eigenvalue weighted by atomic mass is 10.0. The van der Waals surface area contributed by atoms with Gasteiger partial charge in [0.25, 0.3) is 0 Å². The van der Waals surface area contributed by atoms with Crippen molar-refractivity contribution in [1.82, 2.24) is 4.57 Å². The summed E-state index contributed by atoms with van der Waals surface area (Å²) in [4.78, 5) is 0. The summed E-state index contributed by atoms with van der Waals surface area (Å²) in [6.07, 6.45) is -2.00. The first-order chi connectivity index (χ1) is 14.2. The highest BCUT2D eigenvalue weighted by molar-refractivity contribution is 7.85. The Morgan fingerprint density at radius 2 is 1.80 bits per heavy atom. The number of nitrogens with zero attached hydrogens (tertiary/aromatic N) is 3. The lowest BCUT2D eigenvalue weighted by Gasteiger charge is -2.21. The number of alkyl halides is 3. The van der Waals surface area contributed by atoms with Gasteiger partial charge in [0.05, 0.1) is 22.3 Å². The molecule has 0 fully saturated rings. The standard InChI is InChI=1S/C22H22F3N3OS/c1-4-12-28(30(3)29)17-9-6-15(7-10-17)21-19(14-26)18-11-8-16(22(23,24)25)13-20(18)27(21)5-2/h6-11,13H,4-5,12H2,1-3H3. The summed E-state index contributed by atoms with van der Waals surface area (Å²) in [6, 6.07) is 12.9. The molecule has 1 heterocycles. The summed E-state index contributed by atoms with van der Waals surface area (Å²) in [5, 5.41) is 10.3. The Morgan fingerprint density at radius 3 is 2.30 bits per heavy atom. The summed E-state index contributed by atoms with van der Waals surface area (Å²) >= 11 is 0. The minimum atomic E-state index is -4.45. The highest BCUT2D eigenvalue weighted by atomic mass is 32.2. The van der Waals surface area contributed by atoms with E-state index in [0.717, 1.165) is 29.8 Å². The average molecular weight is 433 g/mol. The largest absolute Gasteiger partial charge is 0.416 e. The maximum Gasteiger partial charge on any atom is 0.416 e. The highest BCUT2D eigenvalue weighted by Crippen LogP contribution is 2.38. The van der Waals surface area contributed by atoms with Crippen LogP contribution in [0.3, 0.4) is 0 Å². The molecule has 0 saturated carbocycles. The molecule has 0 aliphatic carbocycles. The second kappa shape index (κ2) is 8.52. The van der Waals surface area contributed by atoms with E-state index >= 15 is 0 Å². The molecule has 0 radical (unpaired) electrons. The molecule has 0 aliphatic rings. The fourth-order valence-corrected chi connectivity index (χ4v) is 4.52. The lowest BCUT2D eigenvalue weighted by molar-refractivity contribution is -0.137. The van der Waals surface area contributed by atoms with E-state index in [2.05, 4.69) is 6.07 Å². The molecule has 158 valence electrons. The van der Waals surface area contributed by atoms with Gasteiger partial charge in [0.15, 0.2) is 0 Å². The van der Waals surface area contributed by atoms with E-state index in [4.69, 9.17) is 0 Å². The first-order valence-electron chi connectivity index (χ1n) is 9.57. The van der Waals surface area contributed by atoms with Crippen molar-refractivity contribution in [2.24, 2.45) is 0 Å². The van der Waals surface area contributed by atoms with E-state index in [1.165, 1.54) is 6.07 Å². The summed E-state index contributed by atoms with van der Waals surface area (Å²) < 4.78 is 55.2. The van der Waals surface area contributed by atoms with Crippen LogP contribution < -0.4 is 4.31 Å². The Balaban J connectivity index is 2.18. The van der Waals surface area contributed by atoms with Crippen LogP contribution >= 0.6 is 0 Å². The molecule has 1 aromatic heterocycles. The molecule has 0 N–H and O–H groups in total. The molecule has 0 bridgehead atoms. The van der Waals surface area contributed by atoms with Gasteiger partial charge in [-0.2, -0.15) is 18.4 Å². The van der Waals surface area contributed by atoms with Crippen LogP contribution in [0.5, 0.6) is 0 Å². The quantitative estimate of drug-likeness (QED) is 0.499. The van der Waals surface area contributed by atoms with Crippen molar-refractivity contribution in [3.05, 3.63) is 53.6 Å². The van der Waals surface area contributed by atoms with Crippen LogP contribution in [0, 0.1) is 11.3 Å². The first-order valence-corrected chi connectivity index (χ1v) is 11.1.